The molecule has 4 N–H and O–H groups in total. The van der Waals surface area contributed by atoms with Crippen LogP contribution in [-0.2, 0) is 23.9 Å². The normalized spacial score (nSPS) is 13.5. The van der Waals surface area contributed by atoms with Crippen molar-refractivity contribution in [3.05, 3.63) is 100 Å². The number of nitrogens with one attached hydrogen (secondary N) is 2. The van der Waals surface area contributed by atoms with Gasteiger partial charge in [0.2, 0.25) is 5.91 Å². The number of alkyl halides is 3. The Morgan fingerprint density at radius 1 is 0.979 bits per heavy atom. The van der Waals surface area contributed by atoms with Crippen molar-refractivity contribution in [3.63, 3.8) is 0 Å². The Morgan fingerprint density at radius 2 is 1.67 bits per heavy atom. The third kappa shape index (κ3) is 7.55. The maximum Gasteiger partial charge on any atom is 0.419 e. The lowest BCUT2D eigenvalue weighted by molar-refractivity contribution is -0.138. The minimum atomic E-state index is -4.78. The summed E-state index contributed by atoms with van der Waals surface area (Å²) in [5, 5.41) is 42.0. The van der Waals surface area contributed by atoms with E-state index in [0.717, 1.165) is 48.2 Å². The van der Waals surface area contributed by atoms with Crippen LogP contribution in [0.1, 0.15) is 47.1 Å². The van der Waals surface area contributed by atoms with E-state index in [2.05, 4.69) is 16.4 Å². The molecule has 0 unspecified atom stereocenters. The molecule has 48 heavy (non-hydrogen) atoms. The summed E-state index contributed by atoms with van der Waals surface area (Å²) in [4.78, 5) is 17.7. The first-order valence-electron chi connectivity index (χ1n) is 15.0. The van der Waals surface area contributed by atoms with E-state index in [-0.39, 0.29) is 45.8 Å². The third-order valence-corrected chi connectivity index (χ3v) is 8.34. The van der Waals surface area contributed by atoms with Crippen LogP contribution in [0, 0.1) is 28.5 Å². The lowest BCUT2D eigenvalue weighted by Gasteiger charge is -2.34. The minimum absolute atomic E-state index is 0.0824. The molecule has 1 saturated heterocycles. The molecule has 0 saturated carbocycles. The topological polar surface area (TPSA) is 145 Å². The fraction of sp³-hybridized carbons (Fsp3) is 0.257. The van der Waals surface area contributed by atoms with Crippen molar-refractivity contribution in [2.24, 2.45) is 0 Å². The van der Waals surface area contributed by atoms with Gasteiger partial charge in [0.25, 0.3) is 0 Å². The van der Waals surface area contributed by atoms with Gasteiger partial charge < -0.3 is 15.3 Å². The number of hydrogen-bond donors (Lipinski definition) is 4. The standard InChI is InChI=1S/C35H30F4N6O3/c36-30-15-24(6-7-25(30)17-40)33-27(18-41)34(43-20-28(33)23-8-9-29(31(46)16-23)35(37,38)39)45-13-11-26(12-14-45)42-19-22-3-1-21(2-4-22)5-10-32(47)44-48/h1-4,6-9,15-16,20,26,42,46,48H,5,10-14,19H2,(H,44,47). The first-order valence-corrected chi connectivity index (χ1v) is 15.0. The van der Waals surface area contributed by atoms with Gasteiger partial charge in [-0.05, 0) is 65.8 Å². The summed E-state index contributed by atoms with van der Waals surface area (Å²) in [5.74, 6) is -1.94. The molecule has 0 atom stereocenters. The largest absolute Gasteiger partial charge is 0.507 e. The molecule has 1 aliphatic heterocycles. The smallest absolute Gasteiger partial charge is 0.419 e. The number of aryl methyl sites for hydroxylation is 1. The van der Waals surface area contributed by atoms with Gasteiger partial charge in [0.1, 0.15) is 35.1 Å². The predicted octanol–water partition coefficient (Wildman–Crippen LogP) is 6.22. The fourth-order valence-electron chi connectivity index (χ4n) is 5.76. The summed E-state index contributed by atoms with van der Waals surface area (Å²) >= 11 is 0. The Balaban J connectivity index is 1.37. The highest BCUT2D eigenvalue weighted by atomic mass is 19.4. The molecular weight excluding hydrogens is 628 g/mol. The van der Waals surface area contributed by atoms with Crippen LogP contribution in [0.15, 0.2) is 66.9 Å². The van der Waals surface area contributed by atoms with Gasteiger partial charge in [0, 0.05) is 49.4 Å². The number of hydrogen-bond acceptors (Lipinski definition) is 8. The van der Waals surface area contributed by atoms with Crippen molar-refractivity contribution in [2.75, 3.05) is 18.0 Å². The average Bonchev–Trinajstić information content (AvgIpc) is 3.09. The lowest BCUT2D eigenvalue weighted by atomic mass is 9.90. The second-order valence-corrected chi connectivity index (χ2v) is 11.4. The van der Waals surface area contributed by atoms with Gasteiger partial charge >= 0.3 is 6.18 Å². The Bertz CT molecular complexity index is 1890. The zero-order valence-corrected chi connectivity index (χ0v) is 25.5. The number of anilines is 1. The average molecular weight is 659 g/mol. The van der Waals surface area contributed by atoms with Gasteiger partial charge in [0.05, 0.1) is 11.1 Å². The Kier molecular flexibility index (Phi) is 10.2. The Morgan fingerprint density at radius 3 is 2.27 bits per heavy atom. The number of nitriles is 2. The number of pyridine rings is 1. The molecule has 0 bridgehead atoms. The number of hydroxylamine groups is 1. The molecule has 9 nitrogen and oxygen atoms in total. The number of nitrogens with zero attached hydrogens (tertiary/aromatic N) is 4. The summed E-state index contributed by atoms with van der Waals surface area (Å²) in [6.45, 7) is 1.69. The molecule has 4 aromatic rings. The number of amides is 1. The molecule has 3 aromatic carbocycles. The minimum Gasteiger partial charge on any atom is -0.507 e. The number of carbonyl (C=O) groups is 1. The van der Waals surface area contributed by atoms with Gasteiger partial charge in [-0.15, -0.1) is 0 Å². The van der Waals surface area contributed by atoms with Gasteiger partial charge in [-0.2, -0.15) is 23.7 Å². The van der Waals surface area contributed by atoms with Crippen LogP contribution >= 0.6 is 0 Å². The second kappa shape index (κ2) is 14.5. The van der Waals surface area contributed by atoms with Crippen molar-refractivity contribution in [1.82, 2.24) is 15.8 Å². The van der Waals surface area contributed by atoms with Crippen LogP contribution in [0.2, 0.25) is 0 Å². The van der Waals surface area contributed by atoms with E-state index >= 15 is 0 Å². The van der Waals surface area contributed by atoms with Crippen molar-refractivity contribution < 1.29 is 32.7 Å². The maximum atomic E-state index is 14.8. The van der Waals surface area contributed by atoms with Crippen LogP contribution in [0.3, 0.4) is 0 Å². The maximum absolute atomic E-state index is 14.8. The van der Waals surface area contributed by atoms with Crippen molar-refractivity contribution >= 4 is 11.7 Å². The predicted molar refractivity (Wildman–Crippen MR) is 168 cm³/mol. The Hall–Kier alpha value is -5.50. The quantitative estimate of drug-likeness (QED) is 0.0943. The first kappa shape index (κ1) is 33.9. The second-order valence-electron chi connectivity index (χ2n) is 11.4. The summed E-state index contributed by atoms with van der Waals surface area (Å²) < 4.78 is 54.9. The number of phenolic OH excluding ortho intramolecular Hbond substituents is 1. The number of rotatable bonds is 9. The van der Waals surface area contributed by atoms with Gasteiger partial charge in [-0.25, -0.2) is 14.9 Å². The highest BCUT2D eigenvalue weighted by Gasteiger charge is 2.34. The molecule has 0 radical (unpaired) electrons. The zero-order valence-electron chi connectivity index (χ0n) is 25.5. The molecular formula is C35H30F4N6O3. The molecule has 1 aromatic heterocycles. The summed E-state index contributed by atoms with van der Waals surface area (Å²) in [5.41, 5.74) is 3.09. The lowest BCUT2D eigenvalue weighted by Crippen LogP contribution is -2.42. The molecule has 13 heteroatoms. The number of carbonyl (C=O) groups excluding carboxylic acids is 1. The summed E-state index contributed by atoms with van der Waals surface area (Å²) in [6.07, 6.45) is -1.26. The third-order valence-electron chi connectivity index (χ3n) is 8.34. The summed E-state index contributed by atoms with van der Waals surface area (Å²) in [7, 11) is 0. The molecule has 2 heterocycles. The summed E-state index contributed by atoms with van der Waals surface area (Å²) in [6, 6.07) is 18.6. The van der Waals surface area contributed by atoms with Crippen LogP contribution in [-0.4, -0.2) is 40.3 Å². The number of halogens is 4. The molecule has 1 amide bonds. The van der Waals surface area contributed by atoms with E-state index in [1.54, 1.807) is 11.5 Å². The SMILES string of the molecule is N#Cc1ccc(-c2c(-c3ccc(C(F)(F)F)c(O)c3)cnc(N3CCC(NCc4ccc(CCC(=O)NO)cc4)CC3)c2C#N)cc1F. The molecule has 0 aliphatic carbocycles. The van der Waals surface area contributed by atoms with E-state index in [4.69, 9.17) is 5.21 Å². The van der Waals surface area contributed by atoms with Crippen LogP contribution in [0.5, 0.6) is 5.75 Å². The number of benzene rings is 3. The van der Waals surface area contributed by atoms with Crippen LogP contribution in [0.4, 0.5) is 23.4 Å². The van der Waals surface area contributed by atoms with Gasteiger partial charge in [-0.1, -0.05) is 36.4 Å². The van der Waals surface area contributed by atoms with E-state index < -0.39 is 29.2 Å². The molecule has 5 rings (SSSR count). The van der Waals surface area contributed by atoms with E-state index in [1.165, 1.54) is 18.3 Å². The van der Waals surface area contributed by atoms with Gasteiger partial charge in [0.15, 0.2) is 0 Å². The molecule has 0 spiro atoms. The number of aromatic nitrogens is 1. The fourth-order valence-corrected chi connectivity index (χ4v) is 5.76. The van der Waals surface area contributed by atoms with Crippen molar-refractivity contribution in [3.8, 4) is 40.1 Å². The highest BCUT2D eigenvalue weighted by Crippen LogP contribution is 2.42. The monoisotopic (exact) mass is 658 g/mol. The van der Waals surface area contributed by atoms with E-state index in [0.29, 0.717) is 31.9 Å². The number of piperidine rings is 1. The first-order chi connectivity index (χ1) is 23.0. The molecule has 246 valence electrons. The Labute approximate surface area is 273 Å². The number of phenols is 1. The molecule has 1 fully saturated rings. The van der Waals surface area contributed by atoms with Crippen LogP contribution in [0.25, 0.3) is 22.3 Å². The van der Waals surface area contributed by atoms with Crippen LogP contribution < -0.4 is 15.7 Å². The van der Waals surface area contributed by atoms with Crippen molar-refractivity contribution in [1.29, 1.82) is 10.5 Å². The highest BCUT2D eigenvalue weighted by molar-refractivity contribution is 5.90. The van der Waals surface area contributed by atoms with Gasteiger partial charge in [-0.3, -0.25) is 10.0 Å². The zero-order chi connectivity index (χ0) is 34.4. The number of aromatic hydroxyl groups is 1. The van der Waals surface area contributed by atoms with E-state index in [9.17, 15) is 38.0 Å². The molecule has 1 aliphatic rings. The van der Waals surface area contributed by atoms with E-state index in [1.807, 2.05) is 29.2 Å². The van der Waals surface area contributed by atoms with Crippen molar-refractivity contribution in [2.45, 2.75) is 44.4 Å².